The summed E-state index contributed by atoms with van der Waals surface area (Å²) in [4.78, 5) is 12.4. The summed E-state index contributed by atoms with van der Waals surface area (Å²) < 4.78 is 31.3. The van der Waals surface area contributed by atoms with Gasteiger partial charge in [-0.15, -0.1) is 0 Å². The number of carbonyl (C=O) groups excluding carboxylic acids is 1. The van der Waals surface area contributed by atoms with Gasteiger partial charge in [0.15, 0.2) is 0 Å². The SMILES string of the molecule is COc1ccc(N[C@@H](C)C(=O)NCCC2=CCCCC2)cc1S(=O)(=O)N(C)C. The van der Waals surface area contributed by atoms with Gasteiger partial charge in [-0.1, -0.05) is 11.6 Å². The van der Waals surface area contributed by atoms with Crippen molar-refractivity contribution in [3.63, 3.8) is 0 Å². The lowest BCUT2D eigenvalue weighted by atomic mass is 9.97. The number of hydrogen-bond acceptors (Lipinski definition) is 5. The van der Waals surface area contributed by atoms with Crippen LogP contribution in [0.1, 0.15) is 39.0 Å². The van der Waals surface area contributed by atoms with Gasteiger partial charge in [0.25, 0.3) is 0 Å². The number of allylic oxidation sites excluding steroid dienone is 1. The Kier molecular flexibility index (Phi) is 7.88. The van der Waals surface area contributed by atoms with Crippen molar-refractivity contribution >= 4 is 21.6 Å². The number of nitrogens with zero attached hydrogens (tertiary/aromatic N) is 1. The largest absolute Gasteiger partial charge is 0.495 e. The van der Waals surface area contributed by atoms with Crippen LogP contribution in [-0.2, 0) is 14.8 Å². The molecule has 0 bridgehead atoms. The molecular weight excluding hydrogens is 378 g/mol. The van der Waals surface area contributed by atoms with Gasteiger partial charge in [0, 0.05) is 26.3 Å². The van der Waals surface area contributed by atoms with E-state index < -0.39 is 16.1 Å². The number of benzene rings is 1. The fourth-order valence-corrected chi connectivity index (χ4v) is 4.19. The van der Waals surface area contributed by atoms with E-state index in [9.17, 15) is 13.2 Å². The second kappa shape index (κ2) is 9.93. The summed E-state index contributed by atoms with van der Waals surface area (Å²) in [5.41, 5.74) is 1.96. The highest BCUT2D eigenvalue weighted by Crippen LogP contribution is 2.29. The lowest BCUT2D eigenvalue weighted by Gasteiger charge is -2.19. The molecule has 0 aliphatic heterocycles. The zero-order valence-electron chi connectivity index (χ0n) is 17.1. The van der Waals surface area contributed by atoms with Gasteiger partial charge in [0.2, 0.25) is 15.9 Å². The predicted octanol–water partition coefficient (Wildman–Crippen LogP) is 2.75. The Labute approximate surface area is 168 Å². The Balaban J connectivity index is 1.99. The molecule has 7 nitrogen and oxygen atoms in total. The van der Waals surface area contributed by atoms with Crippen LogP contribution >= 0.6 is 0 Å². The van der Waals surface area contributed by atoms with Crippen molar-refractivity contribution in [2.45, 2.75) is 50.0 Å². The third kappa shape index (κ3) is 5.72. The summed E-state index contributed by atoms with van der Waals surface area (Å²) in [5, 5.41) is 6.01. The molecule has 1 aromatic carbocycles. The lowest BCUT2D eigenvalue weighted by molar-refractivity contribution is -0.121. The fourth-order valence-electron chi connectivity index (χ4n) is 3.11. The maximum atomic E-state index is 12.5. The number of amides is 1. The summed E-state index contributed by atoms with van der Waals surface area (Å²) in [6.07, 6.45) is 7.90. The number of hydrogen-bond donors (Lipinski definition) is 2. The first-order valence-electron chi connectivity index (χ1n) is 9.58. The Morgan fingerprint density at radius 1 is 1.29 bits per heavy atom. The van der Waals surface area contributed by atoms with E-state index in [1.807, 2.05) is 0 Å². The van der Waals surface area contributed by atoms with Crippen molar-refractivity contribution in [1.29, 1.82) is 0 Å². The summed E-state index contributed by atoms with van der Waals surface area (Å²) in [6.45, 7) is 2.36. The Bertz CT molecular complexity index is 819. The second-order valence-electron chi connectivity index (χ2n) is 7.17. The number of sulfonamides is 1. The van der Waals surface area contributed by atoms with Crippen LogP contribution in [0.3, 0.4) is 0 Å². The van der Waals surface area contributed by atoms with E-state index in [0.717, 1.165) is 23.6 Å². The molecule has 0 aromatic heterocycles. The van der Waals surface area contributed by atoms with Crippen LogP contribution in [0.4, 0.5) is 5.69 Å². The summed E-state index contributed by atoms with van der Waals surface area (Å²) in [6, 6.07) is 4.28. The van der Waals surface area contributed by atoms with Crippen LogP contribution in [0.25, 0.3) is 0 Å². The van der Waals surface area contributed by atoms with Crippen LogP contribution in [-0.4, -0.2) is 52.4 Å². The van der Waals surface area contributed by atoms with Crippen molar-refractivity contribution in [2.24, 2.45) is 0 Å². The second-order valence-corrected chi connectivity index (χ2v) is 9.29. The van der Waals surface area contributed by atoms with Gasteiger partial charge in [0.1, 0.15) is 16.7 Å². The highest BCUT2D eigenvalue weighted by atomic mass is 32.2. The molecule has 1 aliphatic carbocycles. The summed E-state index contributed by atoms with van der Waals surface area (Å²) in [5.74, 6) is 0.140. The Morgan fingerprint density at radius 2 is 2.04 bits per heavy atom. The van der Waals surface area contributed by atoms with E-state index in [-0.39, 0.29) is 16.6 Å². The van der Waals surface area contributed by atoms with Crippen molar-refractivity contribution in [3.8, 4) is 5.75 Å². The van der Waals surface area contributed by atoms with Gasteiger partial charge < -0.3 is 15.4 Å². The Hall–Kier alpha value is -2.06. The molecule has 0 radical (unpaired) electrons. The van der Waals surface area contributed by atoms with Gasteiger partial charge in [-0.25, -0.2) is 12.7 Å². The smallest absolute Gasteiger partial charge is 0.246 e. The maximum absolute atomic E-state index is 12.5. The van der Waals surface area contributed by atoms with Crippen LogP contribution in [0.2, 0.25) is 0 Å². The molecule has 0 heterocycles. The van der Waals surface area contributed by atoms with Crippen molar-refractivity contribution < 1.29 is 17.9 Å². The quantitative estimate of drug-likeness (QED) is 0.613. The molecule has 0 spiro atoms. The number of anilines is 1. The molecule has 0 unspecified atom stereocenters. The minimum absolute atomic E-state index is 0.0573. The monoisotopic (exact) mass is 409 g/mol. The van der Waals surface area contributed by atoms with Gasteiger partial charge >= 0.3 is 0 Å². The third-order valence-electron chi connectivity index (χ3n) is 4.83. The highest BCUT2D eigenvalue weighted by Gasteiger charge is 2.23. The molecule has 8 heteroatoms. The molecule has 0 fully saturated rings. The number of ether oxygens (including phenoxy) is 1. The predicted molar refractivity (Wildman–Crippen MR) is 111 cm³/mol. The van der Waals surface area contributed by atoms with Crippen LogP contribution < -0.4 is 15.4 Å². The first kappa shape index (κ1) is 22.2. The van der Waals surface area contributed by atoms with Gasteiger partial charge in [-0.3, -0.25) is 4.79 Å². The van der Waals surface area contributed by atoms with E-state index >= 15 is 0 Å². The number of carbonyl (C=O) groups is 1. The molecule has 1 aromatic rings. The molecule has 2 rings (SSSR count). The zero-order valence-corrected chi connectivity index (χ0v) is 17.9. The van der Waals surface area contributed by atoms with Gasteiger partial charge in [0.05, 0.1) is 7.11 Å². The minimum Gasteiger partial charge on any atom is -0.495 e. The standard InChI is InChI=1S/C20H31N3O4S/c1-15(20(24)21-13-12-16-8-6-5-7-9-16)22-17-10-11-18(27-4)19(14-17)28(25,26)23(2)3/h8,10-11,14-15,22H,5-7,9,12-13H2,1-4H3,(H,21,24)/t15-/m0/s1. The van der Waals surface area contributed by atoms with E-state index in [1.54, 1.807) is 19.1 Å². The van der Waals surface area contributed by atoms with Crippen LogP contribution in [0.5, 0.6) is 5.75 Å². The average Bonchev–Trinajstić information content (AvgIpc) is 2.68. The normalized spacial score (nSPS) is 15.7. The van der Waals surface area contributed by atoms with E-state index in [4.69, 9.17) is 4.74 Å². The summed E-state index contributed by atoms with van der Waals surface area (Å²) in [7, 11) is 0.692. The van der Waals surface area contributed by atoms with E-state index in [2.05, 4.69) is 16.7 Å². The van der Waals surface area contributed by atoms with Crippen molar-refractivity contribution in [3.05, 3.63) is 29.8 Å². The van der Waals surface area contributed by atoms with Crippen molar-refractivity contribution in [1.82, 2.24) is 9.62 Å². The average molecular weight is 410 g/mol. The van der Waals surface area contributed by atoms with Crippen LogP contribution in [0.15, 0.2) is 34.7 Å². The molecule has 1 atom stereocenters. The molecular formula is C20H31N3O4S. The van der Waals surface area contributed by atoms with E-state index in [0.29, 0.717) is 12.2 Å². The molecule has 2 N–H and O–H groups in total. The van der Waals surface area contributed by atoms with Crippen LogP contribution in [0, 0.1) is 0 Å². The van der Waals surface area contributed by atoms with Gasteiger partial charge in [-0.05, 0) is 57.2 Å². The number of nitrogens with one attached hydrogen (secondary N) is 2. The molecule has 1 aliphatic rings. The molecule has 156 valence electrons. The topological polar surface area (TPSA) is 87.7 Å². The van der Waals surface area contributed by atoms with E-state index in [1.165, 1.54) is 45.7 Å². The minimum atomic E-state index is -3.66. The zero-order chi connectivity index (χ0) is 20.7. The maximum Gasteiger partial charge on any atom is 0.246 e. The fraction of sp³-hybridized carbons (Fsp3) is 0.550. The number of methoxy groups -OCH3 is 1. The highest BCUT2D eigenvalue weighted by molar-refractivity contribution is 7.89. The first-order chi connectivity index (χ1) is 13.3. The molecule has 28 heavy (non-hydrogen) atoms. The molecule has 0 saturated heterocycles. The van der Waals surface area contributed by atoms with Crippen molar-refractivity contribution in [2.75, 3.05) is 33.1 Å². The first-order valence-corrected chi connectivity index (χ1v) is 11.0. The summed E-state index contributed by atoms with van der Waals surface area (Å²) >= 11 is 0. The van der Waals surface area contributed by atoms with Gasteiger partial charge in [-0.2, -0.15) is 0 Å². The third-order valence-corrected chi connectivity index (χ3v) is 6.67. The lowest BCUT2D eigenvalue weighted by Crippen LogP contribution is -2.38. The Morgan fingerprint density at radius 3 is 2.64 bits per heavy atom. The number of rotatable bonds is 9. The molecule has 0 saturated carbocycles. The molecule has 1 amide bonds.